The highest BCUT2D eigenvalue weighted by Gasteiger charge is 2.38. The Morgan fingerprint density at radius 1 is 1.47 bits per heavy atom. The number of likely N-dealkylation sites (tertiary alicyclic amines) is 1. The van der Waals surface area contributed by atoms with E-state index in [1.54, 1.807) is 7.11 Å². The molecule has 1 amide bonds. The molecule has 1 heterocycles. The molecule has 0 aromatic rings. The zero-order valence-corrected chi connectivity index (χ0v) is 11.0. The van der Waals surface area contributed by atoms with E-state index in [-0.39, 0.29) is 5.91 Å². The molecule has 0 spiro atoms. The molecule has 5 nitrogen and oxygen atoms in total. The van der Waals surface area contributed by atoms with Gasteiger partial charge in [0, 0.05) is 26.7 Å². The molecule has 0 aromatic carbocycles. The SMILES string of the molecule is CCCN1CCC(NCCOC)(C(N)=O)CC1. The van der Waals surface area contributed by atoms with E-state index >= 15 is 0 Å². The minimum Gasteiger partial charge on any atom is -0.383 e. The first-order valence-corrected chi connectivity index (χ1v) is 6.41. The zero-order valence-electron chi connectivity index (χ0n) is 11.0. The molecule has 0 saturated carbocycles. The summed E-state index contributed by atoms with van der Waals surface area (Å²) in [4.78, 5) is 14.0. The Hall–Kier alpha value is -0.650. The van der Waals surface area contributed by atoms with Crippen molar-refractivity contribution in [3.05, 3.63) is 0 Å². The van der Waals surface area contributed by atoms with Crippen LogP contribution in [0.4, 0.5) is 0 Å². The topological polar surface area (TPSA) is 67.6 Å². The molecule has 0 atom stereocenters. The highest BCUT2D eigenvalue weighted by molar-refractivity contribution is 5.84. The predicted octanol–water partition coefficient (Wildman–Crippen LogP) is -0.0477. The minimum absolute atomic E-state index is 0.232. The number of amides is 1. The molecule has 100 valence electrons. The highest BCUT2D eigenvalue weighted by atomic mass is 16.5. The molecule has 1 fully saturated rings. The first-order valence-electron chi connectivity index (χ1n) is 6.41. The minimum atomic E-state index is -0.525. The van der Waals surface area contributed by atoms with Gasteiger partial charge in [-0.3, -0.25) is 4.79 Å². The lowest BCUT2D eigenvalue weighted by atomic mass is 9.86. The second-order valence-electron chi connectivity index (χ2n) is 4.71. The zero-order chi connectivity index (χ0) is 12.7. The second kappa shape index (κ2) is 6.93. The Labute approximate surface area is 104 Å². The number of hydrogen-bond donors (Lipinski definition) is 2. The van der Waals surface area contributed by atoms with E-state index in [4.69, 9.17) is 10.5 Å². The number of carbonyl (C=O) groups excluding carboxylic acids is 1. The van der Waals surface area contributed by atoms with Crippen molar-refractivity contribution in [2.24, 2.45) is 5.73 Å². The van der Waals surface area contributed by atoms with Crippen molar-refractivity contribution in [3.8, 4) is 0 Å². The van der Waals surface area contributed by atoms with E-state index in [1.807, 2.05) is 0 Å². The third-order valence-corrected chi connectivity index (χ3v) is 3.49. The molecule has 5 heteroatoms. The molecular formula is C12H25N3O2. The summed E-state index contributed by atoms with van der Waals surface area (Å²) in [6, 6.07) is 0. The molecule has 1 saturated heterocycles. The van der Waals surface area contributed by atoms with Gasteiger partial charge >= 0.3 is 0 Å². The fourth-order valence-corrected chi connectivity index (χ4v) is 2.38. The van der Waals surface area contributed by atoms with Gasteiger partial charge in [0.15, 0.2) is 0 Å². The summed E-state index contributed by atoms with van der Waals surface area (Å²) >= 11 is 0. The van der Waals surface area contributed by atoms with Crippen molar-refractivity contribution in [1.82, 2.24) is 10.2 Å². The summed E-state index contributed by atoms with van der Waals surface area (Å²) < 4.78 is 4.99. The van der Waals surface area contributed by atoms with Crippen LogP contribution < -0.4 is 11.1 Å². The molecule has 0 unspecified atom stereocenters. The molecule has 3 N–H and O–H groups in total. The molecule has 17 heavy (non-hydrogen) atoms. The van der Waals surface area contributed by atoms with E-state index in [1.165, 1.54) is 0 Å². The lowest BCUT2D eigenvalue weighted by Crippen LogP contribution is -2.61. The van der Waals surface area contributed by atoms with Crippen molar-refractivity contribution in [2.45, 2.75) is 31.7 Å². The van der Waals surface area contributed by atoms with Crippen molar-refractivity contribution in [1.29, 1.82) is 0 Å². The molecule has 1 rings (SSSR count). The van der Waals surface area contributed by atoms with Gasteiger partial charge in [-0.1, -0.05) is 6.92 Å². The van der Waals surface area contributed by atoms with Crippen LogP contribution in [0.2, 0.25) is 0 Å². The standard InChI is InChI=1S/C12H25N3O2/c1-3-7-15-8-4-12(5-9-15,11(13)16)14-6-10-17-2/h14H,3-10H2,1-2H3,(H2,13,16). The first kappa shape index (κ1) is 14.4. The highest BCUT2D eigenvalue weighted by Crippen LogP contribution is 2.22. The summed E-state index contributed by atoms with van der Waals surface area (Å²) in [5.41, 5.74) is 5.02. The van der Waals surface area contributed by atoms with E-state index in [9.17, 15) is 4.79 Å². The fraction of sp³-hybridized carbons (Fsp3) is 0.917. The normalized spacial score (nSPS) is 20.4. The predicted molar refractivity (Wildman–Crippen MR) is 67.8 cm³/mol. The Morgan fingerprint density at radius 2 is 2.12 bits per heavy atom. The number of carbonyl (C=O) groups is 1. The maximum Gasteiger partial charge on any atom is 0.237 e. The van der Waals surface area contributed by atoms with Gasteiger partial charge in [0.05, 0.1) is 6.61 Å². The number of methoxy groups -OCH3 is 1. The van der Waals surface area contributed by atoms with E-state index in [2.05, 4.69) is 17.1 Å². The van der Waals surface area contributed by atoms with Crippen LogP contribution in [0.15, 0.2) is 0 Å². The third kappa shape index (κ3) is 3.94. The Kier molecular flexibility index (Phi) is 5.88. The number of piperidine rings is 1. The lowest BCUT2D eigenvalue weighted by Gasteiger charge is -2.40. The van der Waals surface area contributed by atoms with Gasteiger partial charge in [-0.05, 0) is 25.8 Å². The maximum atomic E-state index is 11.6. The van der Waals surface area contributed by atoms with Crippen LogP contribution in [0.5, 0.6) is 0 Å². The molecule has 0 aliphatic carbocycles. The van der Waals surface area contributed by atoms with Gasteiger partial charge in [0.1, 0.15) is 5.54 Å². The largest absolute Gasteiger partial charge is 0.383 e. The van der Waals surface area contributed by atoms with Crippen LogP contribution in [0.25, 0.3) is 0 Å². The Balaban J connectivity index is 2.48. The van der Waals surface area contributed by atoms with Gasteiger partial charge in [0.25, 0.3) is 0 Å². The molecule has 0 bridgehead atoms. The summed E-state index contributed by atoms with van der Waals surface area (Å²) in [5.74, 6) is -0.232. The molecular weight excluding hydrogens is 218 g/mol. The average Bonchev–Trinajstić information content (AvgIpc) is 2.32. The number of hydrogen-bond acceptors (Lipinski definition) is 4. The molecule has 0 radical (unpaired) electrons. The fourth-order valence-electron chi connectivity index (χ4n) is 2.38. The van der Waals surface area contributed by atoms with Gasteiger partial charge in [0.2, 0.25) is 5.91 Å². The summed E-state index contributed by atoms with van der Waals surface area (Å²) in [5, 5.41) is 3.27. The third-order valence-electron chi connectivity index (χ3n) is 3.49. The lowest BCUT2D eigenvalue weighted by molar-refractivity contribution is -0.126. The number of ether oxygens (including phenoxy) is 1. The van der Waals surface area contributed by atoms with Crippen LogP contribution in [-0.4, -0.2) is 56.2 Å². The van der Waals surface area contributed by atoms with Crippen LogP contribution in [0.3, 0.4) is 0 Å². The van der Waals surface area contributed by atoms with Crippen molar-refractivity contribution in [3.63, 3.8) is 0 Å². The van der Waals surface area contributed by atoms with E-state index < -0.39 is 5.54 Å². The molecule has 1 aliphatic heterocycles. The molecule has 0 aromatic heterocycles. The van der Waals surface area contributed by atoms with Crippen molar-refractivity contribution >= 4 is 5.91 Å². The van der Waals surface area contributed by atoms with Gasteiger partial charge < -0.3 is 20.7 Å². The van der Waals surface area contributed by atoms with Crippen LogP contribution in [0, 0.1) is 0 Å². The van der Waals surface area contributed by atoms with Crippen LogP contribution >= 0.6 is 0 Å². The van der Waals surface area contributed by atoms with Crippen molar-refractivity contribution in [2.75, 3.05) is 39.9 Å². The summed E-state index contributed by atoms with van der Waals surface area (Å²) in [6.07, 6.45) is 2.75. The smallest absolute Gasteiger partial charge is 0.237 e. The van der Waals surface area contributed by atoms with E-state index in [0.717, 1.165) is 38.9 Å². The van der Waals surface area contributed by atoms with Gasteiger partial charge in [-0.25, -0.2) is 0 Å². The number of nitrogens with zero attached hydrogens (tertiary/aromatic N) is 1. The van der Waals surface area contributed by atoms with Gasteiger partial charge in [-0.15, -0.1) is 0 Å². The Bertz CT molecular complexity index is 238. The number of nitrogens with two attached hydrogens (primary N) is 1. The number of rotatable bonds is 7. The second-order valence-corrected chi connectivity index (χ2v) is 4.71. The van der Waals surface area contributed by atoms with E-state index in [0.29, 0.717) is 13.2 Å². The monoisotopic (exact) mass is 243 g/mol. The van der Waals surface area contributed by atoms with Crippen LogP contribution in [0.1, 0.15) is 26.2 Å². The maximum absolute atomic E-state index is 11.6. The van der Waals surface area contributed by atoms with Crippen molar-refractivity contribution < 1.29 is 9.53 Å². The number of nitrogens with one attached hydrogen (secondary N) is 1. The molecule has 1 aliphatic rings. The Morgan fingerprint density at radius 3 is 2.59 bits per heavy atom. The van der Waals surface area contributed by atoms with Gasteiger partial charge in [-0.2, -0.15) is 0 Å². The summed E-state index contributed by atoms with van der Waals surface area (Å²) in [6.45, 7) is 6.44. The first-order chi connectivity index (χ1) is 8.14. The summed E-state index contributed by atoms with van der Waals surface area (Å²) in [7, 11) is 1.66. The average molecular weight is 243 g/mol. The van der Waals surface area contributed by atoms with Crippen LogP contribution in [-0.2, 0) is 9.53 Å². The number of primary amides is 1. The quantitative estimate of drug-likeness (QED) is 0.615.